The number of aliphatic carboxylic acids is 1. The fourth-order valence-electron chi connectivity index (χ4n) is 2.64. The van der Waals surface area contributed by atoms with Gasteiger partial charge in [-0.05, 0) is 31.0 Å². The molecule has 0 radical (unpaired) electrons. The lowest BCUT2D eigenvalue weighted by atomic mass is 10.0. The van der Waals surface area contributed by atoms with Crippen molar-refractivity contribution in [1.82, 2.24) is 10.2 Å². The summed E-state index contributed by atoms with van der Waals surface area (Å²) in [7, 11) is 0. The van der Waals surface area contributed by atoms with Crippen LogP contribution in [0.3, 0.4) is 0 Å². The van der Waals surface area contributed by atoms with Crippen molar-refractivity contribution in [2.24, 2.45) is 5.92 Å². The fraction of sp³-hybridized carbons (Fsp3) is 0.533. The maximum Gasteiger partial charge on any atom is 0.325 e. The average molecular weight is 262 g/mol. The number of likely N-dealkylation sites (tertiary alicyclic amines) is 1. The molecule has 1 saturated heterocycles. The lowest BCUT2D eigenvalue weighted by Crippen LogP contribution is -2.33. The molecule has 2 atom stereocenters. The van der Waals surface area contributed by atoms with E-state index in [9.17, 15) is 9.90 Å². The van der Waals surface area contributed by atoms with Gasteiger partial charge >= 0.3 is 5.97 Å². The van der Waals surface area contributed by atoms with Crippen molar-refractivity contribution in [2.75, 3.05) is 26.2 Å². The summed E-state index contributed by atoms with van der Waals surface area (Å²) in [6, 6.07) is 8.77. The minimum atomic E-state index is -0.809. The van der Waals surface area contributed by atoms with Crippen molar-refractivity contribution in [2.45, 2.75) is 19.4 Å². The first kappa shape index (κ1) is 14.0. The van der Waals surface area contributed by atoms with Crippen LogP contribution < -0.4 is 5.32 Å². The molecule has 19 heavy (non-hydrogen) atoms. The molecule has 0 saturated carbocycles. The maximum atomic E-state index is 11.4. The highest BCUT2D eigenvalue weighted by atomic mass is 16.4. The SMILES string of the molecule is CCN1CCC(CNC(C(=O)O)c2ccccc2)C1. The van der Waals surface area contributed by atoms with E-state index >= 15 is 0 Å². The standard InChI is InChI=1S/C15H22N2O2/c1-2-17-9-8-12(11-17)10-16-14(15(18)19)13-6-4-3-5-7-13/h3-7,12,14,16H,2,8-11H2,1H3,(H,18,19). The predicted octanol–water partition coefficient (Wildman–Crippen LogP) is 1.74. The van der Waals surface area contributed by atoms with Gasteiger partial charge < -0.3 is 15.3 Å². The van der Waals surface area contributed by atoms with E-state index in [4.69, 9.17) is 0 Å². The van der Waals surface area contributed by atoms with E-state index in [1.54, 1.807) is 0 Å². The topological polar surface area (TPSA) is 52.6 Å². The Hall–Kier alpha value is -1.39. The Kier molecular flexibility index (Phi) is 4.93. The minimum absolute atomic E-state index is 0.561. The summed E-state index contributed by atoms with van der Waals surface area (Å²) in [5, 5.41) is 12.5. The zero-order chi connectivity index (χ0) is 13.7. The molecular weight excluding hydrogens is 240 g/mol. The monoisotopic (exact) mass is 262 g/mol. The van der Waals surface area contributed by atoms with Crippen molar-refractivity contribution in [3.05, 3.63) is 35.9 Å². The van der Waals surface area contributed by atoms with Crippen molar-refractivity contribution in [3.63, 3.8) is 0 Å². The van der Waals surface area contributed by atoms with E-state index in [0.29, 0.717) is 5.92 Å². The molecule has 1 aliphatic heterocycles. The molecule has 104 valence electrons. The van der Waals surface area contributed by atoms with Gasteiger partial charge in [0.2, 0.25) is 0 Å². The van der Waals surface area contributed by atoms with Gasteiger partial charge in [-0.15, -0.1) is 0 Å². The van der Waals surface area contributed by atoms with E-state index in [1.807, 2.05) is 30.3 Å². The lowest BCUT2D eigenvalue weighted by Gasteiger charge is -2.18. The lowest BCUT2D eigenvalue weighted by molar-refractivity contribution is -0.139. The maximum absolute atomic E-state index is 11.4. The quantitative estimate of drug-likeness (QED) is 0.820. The van der Waals surface area contributed by atoms with Crippen molar-refractivity contribution < 1.29 is 9.90 Å². The number of nitrogens with one attached hydrogen (secondary N) is 1. The first-order valence-electron chi connectivity index (χ1n) is 6.94. The molecule has 1 heterocycles. The first-order valence-corrected chi connectivity index (χ1v) is 6.94. The zero-order valence-corrected chi connectivity index (χ0v) is 11.4. The largest absolute Gasteiger partial charge is 0.480 e. The third-order valence-corrected chi connectivity index (χ3v) is 3.81. The summed E-state index contributed by atoms with van der Waals surface area (Å²) < 4.78 is 0. The molecule has 2 rings (SSSR count). The highest BCUT2D eigenvalue weighted by molar-refractivity contribution is 5.75. The molecule has 0 aliphatic carbocycles. The van der Waals surface area contributed by atoms with Gasteiger partial charge in [0.05, 0.1) is 0 Å². The third-order valence-electron chi connectivity index (χ3n) is 3.81. The normalized spacial score (nSPS) is 21.4. The second kappa shape index (κ2) is 6.68. The Bertz CT molecular complexity index is 408. The Balaban J connectivity index is 1.90. The predicted molar refractivity (Wildman–Crippen MR) is 75.0 cm³/mol. The summed E-state index contributed by atoms with van der Waals surface area (Å²) in [5.74, 6) is -0.248. The van der Waals surface area contributed by atoms with Gasteiger partial charge in [-0.25, -0.2) is 0 Å². The molecule has 0 amide bonds. The van der Waals surface area contributed by atoms with Gasteiger partial charge in [-0.3, -0.25) is 4.79 Å². The van der Waals surface area contributed by atoms with Crippen molar-refractivity contribution >= 4 is 5.97 Å². The summed E-state index contributed by atoms with van der Waals surface area (Å²) in [6.45, 7) is 6.22. The van der Waals surface area contributed by atoms with Gasteiger partial charge in [0.25, 0.3) is 0 Å². The molecule has 1 aromatic carbocycles. The van der Waals surface area contributed by atoms with E-state index < -0.39 is 12.0 Å². The Morgan fingerprint density at radius 3 is 2.79 bits per heavy atom. The molecule has 2 N–H and O–H groups in total. The molecule has 2 unspecified atom stereocenters. The first-order chi connectivity index (χ1) is 9.20. The molecule has 1 fully saturated rings. The van der Waals surface area contributed by atoms with Crippen LogP contribution in [-0.4, -0.2) is 42.2 Å². The molecule has 0 spiro atoms. The Labute approximate surface area is 114 Å². The van der Waals surface area contributed by atoms with Crippen LogP contribution in [0.15, 0.2) is 30.3 Å². The molecule has 0 aromatic heterocycles. The summed E-state index contributed by atoms with van der Waals surface area (Å²) in [5.41, 5.74) is 0.820. The van der Waals surface area contributed by atoms with Gasteiger partial charge in [0.1, 0.15) is 6.04 Å². The summed E-state index contributed by atoms with van der Waals surface area (Å²) in [4.78, 5) is 13.8. The highest BCUT2D eigenvalue weighted by Gasteiger charge is 2.24. The van der Waals surface area contributed by atoms with Crippen LogP contribution >= 0.6 is 0 Å². The fourth-order valence-corrected chi connectivity index (χ4v) is 2.64. The van der Waals surface area contributed by atoms with Crippen molar-refractivity contribution in [1.29, 1.82) is 0 Å². The van der Waals surface area contributed by atoms with E-state index in [2.05, 4.69) is 17.1 Å². The Morgan fingerprint density at radius 1 is 1.47 bits per heavy atom. The number of carboxylic acid groups (broad SMARTS) is 1. The second-order valence-electron chi connectivity index (χ2n) is 5.14. The molecule has 0 bridgehead atoms. The zero-order valence-electron chi connectivity index (χ0n) is 11.4. The number of hydrogen-bond donors (Lipinski definition) is 2. The van der Waals surface area contributed by atoms with Crippen molar-refractivity contribution in [3.8, 4) is 0 Å². The van der Waals surface area contributed by atoms with Gasteiger partial charge in [-0.2, -0.15) is 0 Å². The smallest absolute Gasteiger partial charge is 0.325 e. The minimum Gasteiger partial charge on any atom is -0.480 e. The van der Waals surface area contributed by atoms with Gasteiger partial charge in [0, 0.05) is 13.1 Å². The number of rotatable bonds is 6. The highest BCUT2D eigenvalue weighted by Crippen LogP contribution is 2.17. The second-order valence-corrected chi connectivity index (χ2v) is 5.14. The van der Waals surface area contributed by atoms with E-state index in [0.717, 1.165) is 38.2 Å². The summed E-state index contributed by atoms with van der Waals surface area (Å²) in [6.07, 6.45) is 1.15. The van der Waals surface area contributed by atoms with Crippen LogP contribution in [0, 0.1) is 5.92 Å². The number of carboxylic acids is 1. The van der Waals surface area contributed by atoms with Crippen LogP contribution in [0.5, 0.6) is 0 Å². The number of benzene rings is 1. The molecule has 4 nitrogen and oxygen atoms in total. The van der Waals surface area contributed by atoms with E-state index in [1.165, 1.54) is 0 Å². The van der Waals surface area contributed by atoms with Crippen LogP contribution in [0.2, 0.25) is 0 Å². The van der Waals surface area contributed by atoms with Crippen LogP contribution in [-0.2, 0) is 4.79 Å². The van der Waals surface area contributed by atoms with E-state index in [-0.39, 0.29) is 0 Å². The molecule has 4 heteroatoms. The van der Waals surface area contributed by atoms with Crippen LogP contribution in [0.1, 0.15) is 24.9 Å². The summed E-state index contributed by atoms with van der Waals surface area (Å²) >= 11 is 0. The van der Waals surface area contributed by atoms with Crippen LogP contribution in [0.25, 0.3) is 0 Å². The Morgan fingerprint density at radius 2 is 2.21 bits per heavy atom. The molecule has 1 aliphatic rings. The average Bonchev–Trinajstić information content (AvgIpc) is 2.88. The van der Waals surface area contributed by atoms with Gasteiger partial charge in [0.15, 0.2) is 0 Å². The van der Waals surface area contributed by atoms with Crippen LogP contribution in [0.4, 0.5) is 0 Å². The number of carbonyl (C=O) groups is 1. The third kappa shape index (κ3) is 3.78. The van der Waals surface area contributed by atoms with Gasteiger partial charge in [-0.1, -0.05) is 37.3 Å². The molecular formula is C15H22N2O2. The number of nitrogens with zero attached hydrogens (tertiary/aromatic N) is 1. The molecule has 1 aromatic rings. The number of hydrogen-bond acceptors (Lipinski definition) is 3.